The van der Waals surface area contributed by atoms with E-state index in [1.165, 1.54) is 12.1 Å². The number of carbonyl (C=O) groups is 1. The van der Waals surface area contributed by atoms with E-state index >= 15 is 0 Å². The lowest BCUT2D eigenvalue weighted by Gasteiger charge is -2.46. The molecule has 0 heterocycles. The standard InChI is InChI=1S/C27H36O5/c1-16(7-8-18-11-19(28)10-17(2)24(18)32)9-20(29)13-26(5)15-22-23(31)12-21(30)14-27(26,6)25(22,3)4/h7,10-12,14,22,28,30-32H,8-9,13,15H2,1-6H3/b16-7+/t22?,26-,27-/m1/s1. The monoisotopic (exact) mass is 440 g/mol. The Bertz CT molecular complexity index is 1030. The number of hydrogen-bond acceptors (Lipinski definition) is 5. The molecule has 1 aromatic rings. The van der Waals surface area contributed by atoms with Gasteiger partial charge in [-0.25, -0.2) is 0 Å². The van der Waals surface area contributed by atoms with Gasteiger partial charge in [-0.15, -0.1) is 0 Å². The second kappa shape index (κ2) is 8.02. The highest BCUT2D eigenvalue weighted by molar-refractivity contribution is 5.81. The van der Waals surface area contributed by atoms with Gasteiger partial charge in [-0.1, -0.05) is 39.3 Å². The van der Waals surface area contributed by atoms with Crippen molar-refractivity contribution in [3.8, 4) is 11.5 Å². The molecule has 1 aromatic carbocycles. The SMILES string of the molecule is C/C(=C\Cc1cc(O)cc(C)c1O)CC(=O)C[C@]1(C)CC2C(O)=CC(O)=C[C@]1(C)C2(C)C. The minimum absolute atomic E-state index is 0.0521. The van der Waals surface area contributed by atoms with Crippen molar-refractivity contribution in [1.82, 2.24) is 0 Å². The molecule has 0 spiro atoms. The highest BCUT2D eigenvalue weighted by Crippen LogP contribution is 2.69. The quantitative estimate of drug-likeness (QED) is 0.312. The summed E-state index contributed by atoms with van der Waals surface area (Å²) in [4.78, 5) is 13.1. The van der Waals surface area contributed by atoms with Gasteiger partial charge in [-0.05, 0) is 61.3 Å². The van der Waals surface area contributed by atoms with Crippen molar-refractivity contribution < 1.29 is 25.2 Å². The number of rotatable bonds is 6. The van der Waals surface area contributed by atoms with Crippen LogP contribution < -0.4 is 0 Å². The van der Waals surface area contributed by atoms with Crippen LogP contribution in [-0.2, 0) is 11.2 Å². The maximum Gasteiger partial charge on any atom is 0.137 e. The summed E-state index contributed by atoms with van der Waals surface area (Å²) in [7, 11) is 0. The number of aliphatic hydroxyl groups excluding tert-OH is 2. The number of ketones is 1. The average Bonchev–Trinajstić information content (AvgIpc) is 2.76. The maximum atomic E-state index is 13.1. The molecule has 32 heavy (non-hydrogen) atoms. The van der Waals surface area contributed by atoms with Gasteiger partial charge in [0.2, 0.25) is 0 Å². The molecule has 2 aliphatic rings. The number of carbonyl (C=O) groups excluding carboxylic acids is 1. The average molecular weight is 441 g/mol. The molecule has 2 aliphatic carbocycles. The third kappa shape index (κ3) is 3.94. The van der Waals surface area contributed by atoms with E-state index in [0.717, 1.165) is 5.57 Å². The van der Waals surface area contributed by atoms with Crippen molar-refractivity contribution in [3.05, 3.63) is 58.6 Å². The van der Waals surface area contributed by atoms with Crippen LogP contribution in [0.4, 0.5) is 0 Å². The van der Waals surface area contributed by atoms with E-state index < -0.39 is 10.8 Å². The second-order valence-corrected chi connectivity index (χ2v) is 10.8. The molecule has 174 valence electrons. The highest BCUT2D eigenvalue weighted by atomic mass is 16.3. The fourth-order valence-electron chi connectivity index (χ4n) is 5.89. The summed E-state index contributed by atoms with van der Waals surface area (Å²) >= 11 is 0. The molecule has 1 saturated carbocycles. The molecule has 0 amide bonds. The van der Waals surface area contributed by atoms with Crippen molar-refractivity contribution in [3.63, 3.8) is 0 Å². The van der Waals surface area contributed by atoms with Gasteiger partial charge in [-0.3, -0.25) is 4.79 Å². The molecule has 3 rings (SSSR count). The van der Waals surface area contributed by atoms with E-state index in [4.69, 9.17) is 0 Å². The van der Waals surface area contributed by atoms with Crippen LogP contribution in [-0.4, -0.2) is 26.2 Å². The van der Waals surface area contributed by atoms with Crippen LogP contribution in [0.3, 0.4) is 0 Å². The maximum absolute atomic E-state index is 13.1. The summed E-state index contributed by atoms with van der Waals surface area (Å²) in [5.41, 5.74) is 0.955. The number of aromatic hydroxyl groups is 2. The number of Topliss-reactive ketones (excluding diaryl/α,β-unsaturated/α-hetero) is 1. The number of phenolic OH excluding ortho intramolecular Hbond substituents is 2. The van der Waals surface area contributed by atoms with Gasteiger partial charge in [0, 0.05) is 35.8 Å². The van der Waals surface area contributed by atoms with Crippen molar-refractivity contribution in [2.75, 3.05) is 0 Å². The van der Waals surface area contributed by atoms with Gasteiger partial charge in [0.1, 0.15) is 23.0 Å². The topological polar surface area (TPSA) is 98.0 Å². The van der Waals surface area contributed by atoms with Crippen molar-refractivity contribution in [1.29, 1.82) is 0 Å². The second-order valence-electron chi connectivity index (χ2n) is 10.8. The zero-order valence-electron chi connectivity index (χ0n) is 20.0. The van der Waals surface area contributed by atoms with Crippen LogP contribution in [0, 0.1) is 29.1 Å². The molecule has 4 N–H and O–H groups in total. The molecule has 5 heteroatoms. The van der Waals surface area contributed by atoms with Gasteiger partial charge in [0.15, 0.2) is 0 Å². The van der Waals surface area contributed by atoms with Crippen LogP contribution in [0.2, 0.25) is 0 Å². The largest absolute Gasteiger partial charge is 0.512 e. The summed E-state index contributed by atoms with van der Waals surface area (Å²) in [6, 6.07) is 3.06. The Balaban J connectivity index is 1.76. The predicted molar refractivity (Wildman–Crippen MR) is 126 cm³/mol. The molecular weight excluding hydrogens is 404 g/mol. The predicted octanol–water partition coefficient (Wildman–Crippen LogP) is 6.20. The van der Waals surface area contributed by atoms with Crippen molar-refractivity contribution >= 4 is 5.78 Å². The van der Waals surface area contributed by atoms with Gasteiger partial charge in [-0.2, -0.15) is 0 Å². The summed E-state index contributed by atoms with van der Waals surface area (Å²) in [5, 5.41) is 40.9. The zero-order chi connectivity index (χ0) is 24.1. The number of aliphatic hydroxyl groups is 2. The van der Waals surface area contributed by atoms with Crippen LogP contribution >= 0.6 is 0 Å². The molecular formula is C27H36O5. The smallest absolute Gasteiger partial charge is 0.137 e. The summed E-state index contributed by atoms with van der Waals surface area (Å²) in [6.07, 6.45) is 6.92. The third-order valence-corrected chi connectivity index (χ3v) is 8.31. The van der Waals surface area contributed by atoms with E-state index in [1.807, 2.05) is 19.1 Å². The fourth-order valence-corrected chi connectivity index (χ4v) is 5.89. The molecule has 2 bridgehead atoms. The van der Waals surface area contributed by atoms with Gasteiger partial charge in [0.25, 0.3) is 0 Å². The van der Waals surface area contributed by atoms with Crippen LogP contribution in [0.25, 0.3) is 0 Å². The summed E-state index contributed by atoms with van der Waals surface area (Å²) < 4.78 is 0. The molecule has 5 nitrogen and oxygen atoms in total. The highest BCUT2D eigenvalue weighted by Gasteiger charge is 2.64. The van der Waals surface area contributed by atoms with Crippen LogP contribution in [0.5, 0.6) is 11.5 Å². The first-order valence-corrected chi connectivity index (χ1v) is 11.2. The van der Waals surface area contributed by atoms with E-state index in [9.17, 15) is 25.2 Å². The lowest BCUT2D eigenvalue weighted by atomic mass is 9.56. The number of phenols is 2. The fraction of sp³-hybridized carbons (Fsp3) is 0.519. The molecule has 1 unspecified atom stereocenters. The molecule has 0 aromatic heterocycles. The van der Waals surface area contributed by atoms with E-state index in [-0.39, 0.29) is 40.1 Å². The zero-order valence-corrected chi connectivity index (χ0v) is 20.0. The van der Waals surface area contributed by atoms with Crippen molar-refractivity contribution in [2.24, 2.45) is 22.2 Å². The molecule has 0 radical (unpaired) electrons. The Morgan fingerprint density at radius 2 is 1.78 bits per heavy atom. The molecule has 3 atom stereocenters. The normalized spacial score (nSPS) is 29.3. The first kappa shape index (κ1) is 24.0. The lowest BCUT2D eigenvalue weighted by molar-refractivity contribution is -0.122. The molecule has 0 saturated heterocycles. The minimum Gasteiger partial charge on any atom is -0.512 e. The van der Waals surface area contributed by atoms with Gasteiger partial charge >= 0.3 is 0 Å². The van der Waals surface area contributed by atoms with Gasteiger partial charge in [0.05, 0.1) is 5.76 Å². The number of fused-ring (bicyclic) bond motifs is 2. The first-order chi connectivity index (χ1) is 14.7. The Morgan fingerprint density at radius 1 is 1.12 bits per heavy atom. The summed E-state index contributed by atoms with van der Waals surface area (Å²) in [5.74, 6) is 0.488. The van der Waals surface area contributed by atoms with E-state index in [1.54, 1.807) is 13.0 Å². The Labute approximate surface area is 190 Å². The first-order valence-electron chi connectivity index (χ1n) is 11.2. The Hall–Kier alpha value is -2.69. The minimum atomic E-state index is -0.464. The number of aryl methyl sites for hydroxylation is 1. The Morgan fingerprint density at radius 3 is 2.44 bits per heavy atom. The molecule has 0 aliphatic heterocycles. The van der Waals surface area contributed by atoms with Crippen LogP contribution in [0.15, 0.2) is 47.5 Å². The Kier molecular flexibility index (Phi) is 6.01. The van der Waals surface area contributed by atoms with E-state index in [2.05, 4.69) is 27.7 Å². The number of allylic oxidation sites excluding steroid dienone is 5. The third-order valence-electron chi connectivity index (χ3n) is 8.31. The number of benzene rings is 1. The summed E-state index contributed by atoms with van der Waals surface area (Å²) in [6.45, 7) is 12.0. The molecule has 1 fully saturated rings. The number of hydrogen-bond donors (Lipinski definition) is 4. The van der Waals surface area contributed by atoms with Crippen LogP contribution in [0.1, 0.15) is 65.0 Å². The van der Waals surface area contributed by atoms with E-state index in [0.29, 0.717) is 36.8 Å². The lowest BCUT2D eigenvalue weighted by Crippen LogP contribution is -2.42. The van der Waals surface area contributed by atoms with Gasteiger partial charge < -0.3 is 20.4 Å². The van der Waals surface area contributed by atoms with Crippen molar-refractivity contribution in [2.45, 2.75) is 67.2 Å².